The Kier molecular flexibility index (Phi) is 6.71. The lowest BCUT2D eigenvalue weighted by atomic mass is 9.82. The SMILES string of the molecule is CC1(OC(=O)N2CCC(CCCOc3ccc(S(C)(=O)=O)c(F)c3)CC2)CCC1. The summed E-state index contributed by atoms with van der Waals surface area (Å²) in [4.78, 5) is 13.7. The number of likely N-dealkylation sites (tertiary alicyclic amines) is 1. The van der Waals surface area contributed by atoms with Crippen LogP contribution in [0, 0.1) is 11.7 Å². The number of nitrogens with zero attached hydrogens (tertiary/aromatic N) is 1. The number of hydrogen-bond donors (Lipinski definition) is 0. The molecule has 0 N–H and O–H groups in total. The van der Waals surface area contributed by atoms with E-state index >= 15 is 0 Å². The molecule has 29 heavy (non-hydrogen) atoms. The zero-order chi connectivity index (χ0) is 21.1. The van der Waals surface area contributed by atoms with E-state index in [9.17, 15) is 17.6 Å². The van der Waals surface area contributed by atoms with Gasteiger partial charge in [-0.15, -0.1) is 0 Å². The van der Waals surface area contributed by atoms with Crippen LogP contribution in [0.4, 0.5) is 9.18 Å². The molecule has 0 spiro atoms. The number of piperidine rings is 1. The average molecular weight is 428 g/mol. The highest BCUT2D eigenvalue weighted by Crippen LogP contribution is 2.35. The Morgan fingerprint density at radius 1 is 1.28 bits per heavy atom. The minimum Gasteiger partial charge on any atom is -0.493 e. The lowest BCUT2D eigenvalue weighted by molar-refractivity contribution is -0.0506. The van der Waals surface area contributed by atoms with Gasteiger partial charge in [0.05, 0.1) is 6.61 Å². The van der Waals surface area contributed by atoms with Crippen molar-refractivity contribution in [3.8, 4) is 5.75 Å². The van der Waals surface area contributed by atoms with Crippen molar-refractivity contribution in [2.45, 2.75) is 62.4 Å². The molecule has 0 bridgehead atoms. The molecule has 1 heterocycles. The number of carbonyl (C=O) groups is 1. The molecule has 1 amide bonds. The number of rotatable bonds is 7. The van der Waals surface area contributed by atoms with E-state index in [1.54, 1.807) is 0 Å². The molecular formula is C21H30FNO5S. The minimum absolute atomic E-state index is 0.187. The lowest BCUT2D eigenvalue weighted by Gasteiger charge is -2.40. The summed E-state index contributed by atoms with van der Waals surface area (Å²) < 4.78 is 47.9. The van der Waals surface area contributed by atoms with Crippen molar-refractivity contribution in [1.29, 1.82) is 0 Å². The van der Waals surface area contributed by atoms with Gasteiger partial charge in [-0.2, -0.15) is 0 Å². The number of benzene rings is 1. The maximum Gasteiger partial charge on any atom is 0.410 e. The Morgan fingerprint density at radius 2 is 1.97 bits per heavy atom. The van der Waals surface area contributed by atoms with Crippen LogP contribution in [0.25, 0.3) is 0 Å². The molecule has 1 saturated carbocycles. The Bertz CT molecular complexity index is 829. The first-order valence-electron chi connectivity index (χ1n) is 10.3. The van der Waals surface area contributed by atoms with E-state index in [0.717, 1.165) is 70.4 Å². The fraction of sp³-hybridized carbons (Fsp3) is 0.667. The Morgan fingerprint density at radius 3 is 2.52 bits per heavy atom. The van der Waals surface area contributed by atoms with Gasteiger partial charge in [-0.25, -0.2) is 17.6 Å². The first-order valence-corrected chi connectivity index (χ1v) is 12.2. The van der Waals surface area contributed by atoms with E-state index in [-0.39, 0.29) is 16.6 Å². The summed E-state index contributed by atoms with van der Waals surface area (Å²) in [7, 11) is -3.58. The molecule has 3 rings (SSSR count). The fourth-order valence-corrected chi connectivity index (χ4v) is 4.62. The summed E-state index contributed by atoms with van der Waals surface area (Å²) in [6, 6.07) is 3.83. The molecule has 2 aliphatic rings. The van der Waals surface area contributed by atoms with Crippen LogP contribution in [0.5, 0.6) is 5.75 Å². The van der Waals surface area contributed by atoms with E-state index in [1.165, 1.54) is 12.1 Å². The third kappa shape index (κ3) is 5.84. The predicted octanol–water partition coefficient (Wildman–Crippen LogP) is 4.18. The van der Waals surface area contributed by atoms with Gasteiger partial charge in [-0.3, -0.25) is 0 Å². The number of hydrogen-bond acceptors (Lipinski definition) is 5. The molecular weight excluding hydrogens is 397 g/mol. The zero-order valence-corrected chi connectivity index (χ0v) is 18.0. The van der Waals surface area contributed by atoms with Gasteiger partial charge in [-0.1, -0.05) is 0 Å². The molecule has 162 valence electrons. The van der Waals surface area contributed by atoms with Crippen LogP contribution in [0.3, 0.4) is 0 Å². The zero-order valence-electron chi connectivity index (χ0n) is 17.2. The van der Waals surface area contributed by atoms with Gasteiger partial charge in [0.25, 0.3) is 0 Å². The smallest absolute Gasteiger partial charge is 0.410 e. The number of ether oxygens (including phenoxy) is 2. The highest BCUT2D eigenvalue weighted by Gasteiger charge is 2.37. The summed E-state index contributed by atoms with van der Waals surface area (Å²) in [6.07, 6.45) is 7.52. The van der Waals surface area contributed by atoms with Gasteiger partial charge < -0.3 is 14.4 Å². The van der Waals surface area contributed by atoms with Crippen LogP contribution in [-0.2, 0) is 14.6 Å². The van der Waals surface area contributed by atoms with E-state index < -0.39 is 15.7 Å². The molecule has 1 aromatic carbocycles. The summed E-state index contributed by atoms with van der Waals surface area (Å²) in [5.41, 5.74) is -0.260. The second-order valence-electron chi connectivity index (χ2n) is 8.46. The van der Waals surface area contributed by atoms with E-state index in [2.05, 4.69) is 0 Å². The van der Waals surface area contributed by atoms with Crippen molar-refractivity contribution in [3.05, 3.63) is 24.0 Å². The van der Waals surface area contributed by atoms with Crippen LogP contribution in [0.2, 0.25) is 0 Å². The summed E-state index contributed by atoms with van der Waals surface area (Å²) >= 11 is 0. The van der Waals surface area contributed by atoms with Crippen LogP contribution in [0.15, 0.2) is 23.1 Å². The molecule has 0 aromatic heterocycles. The molecule has 2 fully saturated rings. The van der Waals surface area contributed by atoms with E-state index in [1.807, 2.05) is 11.8 Å². The third-order valence-electron chi connectivity index (χ3n) is 5.95. The maximum absolute atomic E-state index is 13.9. The normalized spacial score (nSPS) is 19.5. The Labute approximate surface area is 172 Å². The van der Waals surface area contributed by atoms with E-state index in [0.29, 0.717) is 18.3 Å². The first kappa shape index (κ1) is 21.9. The highest BCUT2D eigenvalue weighted by molar-refractivity contribution is 7.90. The van der Waals surface area contributed by atoms with Gasteiger partial charge in [-0.05, 0) is 69.9 Å². The largest absolute Gasteiger partial charge is 0.493 e. The second-order valence-corrected chi connectivity index (χ2v) is 10.4. The molecule has 0 radical (unpaired) electrons. The minimum atomic E-state index is -3.58. The molecule has 1 saturated heterocycles. The molecule has 6 nitrogen and oxygen atoms in total. The van der Waals surface area contributed by atoms with Crippen LogP contribution >= 0.6 is 0 Å². The van der Waals surface area contributed by atoms with Gasteiger partial charge >= 0.3 is 6.09 Å². The Hall–Kier alpha value is -1.83. The van der Waals surface area contributed by atoms with Crippen molar-refractivity contribution >= 4 is 15.9 Å². The molecule has 0 unspecified atom stereocenters. The Balaban J connectivity index is 1.35. The predicted molar refractivity (Wildman–Crippen MR) is 107 cm³/mol. The molecule has 1 aliphatic carbocycles. The maximum atomic E-state index is 13.9. The third-order valence-corrected chi connectivity index (χ3v) is 7.08. The number of halogens is 1. The van der Waals surface area contributed by atoms with Crippen molar-refractivity contribution < 1.29 is 27.1 Å². The summed E-state index contributed by atoms with van der Waals surface area (Å²) in [5, 5.41) is 0. The molecule has 1 aliphatic heterocycles. The van der Waals surface area contributed by atoms with Crippen molar-refractivity contribution in [2.24, 2.45) is 5.92 Å². The van der Waals surface area contributed by atoms with Crippen LogP contribution < -0.4 is 4.74 Å². The number of amides is 1. The van der Waals surface area contributed by atoms with Crippen LogP contribution in [-0.4, -0.2) is 51.0 Å². The van der Waals surface area contributed by atoms with Crippen molar-refractivity contribution in [2.75, 3.05) is 26.0 Å². The van der Waals surface area contributed by atoms with Crippen molar-refractivity contribution in [3.63, 3.8) is 0 Å². The summed E-state index contributed by atoms with van der Waals surface area (Å²) in [6.45, 7) is 3.89. The second kappa shape index (κ2) is 8.90. The van der Waals surface area contributed by atoms with Gasteiger partial charge in [0.1, 0.15) is 22.1 Å². The van der Waals surface area contributed by atoms with E-state index in [4.69, 9.17) is 9.47 Å². The fourth-order valence-electron chi connectivity index (χ4n) is 3.89. The highest BCUT2D eigenvalue weighted by atomic mass is 32.2. The average Bonchev–Trinajstić information content (AvgIpc) is 2.63. The first-order chi connectivity index (χ1) is 13.7. The topological polar surface area (TPSA) is 72.9 Å². The lowest BCUT2D eigenvalue weighted by Crippen LogP contribution is -2.46. The molecule has 8 heteroatoms. The van der Waals surface area contributed by atoms with Gasteiger partial charge in [0.15, 0.2) is 9.84 Å². The van der Waals surface area contributed by atoms with Gasteiger partial charge in [0.2, 0.25) is 0 Å². The van der Waals surface area contributed by atoms with Crippen LogP contribution in [0.1, 0.15) is 51.9 Å². The standard InChI is InChI=1S/C21H30FNO5S/c1-21(10-4-11-21)28-20(24)23-12-8-16(9-13-23)5-3-14-27-17-6-7-19(18(22)15-17)29(2,25)26/h6-7,15-16H,3-5,8-14H2,1-2H3. The quantitative estimate of drug-likeness (QED) is 0.611. The molecule has 1 aromatic rings. The number of sulfone groups is 1. The van der Waals surface area contributed by atoms with Gasteiger partial charge in [0, 0.05) is 25.4 Å². The summed E-state index contributed by atoms with van der Waals surface area (Å²) in [5.74, 6) is 0.0725. The monoisotopic (exact) mass is 427 g/mol. The van der Waals surface area contributed by atoms with Crippen molar-refractivity contribution in [1.82, 2.24) is 4.90 Å². The molecule has 0 atom stereocenters. The number of carbonyl (C=O) groups excluding carboxylic acids is 1.